The molecule has 1 amide bonds. The summed E-state index contributed by atoms with van der Waals surface area (Å²) >= 11 is 0. The number of hydrogen-bond acceptors (Lipinski definition) is 6. The lowest BCUT2D eigenvalue weighted by molar-refractivity contribution is -0.384. The Morgan fingerprint density at radius 3 is 2.63 bits per heavy atom. The molecule has 0 radical (unpaired) electrons. The van der Waals surface area contributed by atoms with Crippen LogP contribution in [-0.2, 0) is 4.74 Å². The van der Waals surface area contributed by atoms with E-state index in [4.69, 9.17) is 10.5 Å². The number of benzene rings is 1. The van der Waals surface area contributed by atoms with Crippen LogP contribution in [0.15, 0.2) is 36.7 Å². The summed E-state index contributed by atoms with van der Waals surface area (Å²) in [5.41, 5.74) is 6.63. The highest BCUT2D eigenvalue weighted by Gasteiger charge is 2.24. The second-order valence-corrected chi connectivity index (χ2v) is 6.45. The van der Waals surface area contributed by atoms with Crippen molar-refractivity contribution in [2.24, 2.45) is 5.73 Å². The van der Waals surface area contributed by atoms with E-state index in [-0.39, 0.29) is 17.7 Å². The van der Waals surface area contributed by atoms with Crippen LogP contribution in [0.5, 0.6) is 0 Å². The van der Waals surface area contributed by atoms with E-state index in [1.54, 1.807) is 27.9 Å². The van der Waals surface area contributed by atoms with Crippen LogP contribution in [-0.4, -0.2) is 57.9 Å². The number of likely N-dealkylation sites (tertiary alicyclic amines) is 1. The number of nitrogens with two attached hydrogens (primary N) is 1. The van der Waals surface area contributed by atoms with Gasteiger partial charge in [-0.3, -0.25) is 14.9 Å². The molecule has 2 N–H and O–H groups in total. The van der Waals surface area contributed by atoms with Crippen LogP contribution in [0.4, 0.5) is 5.69 Å². The summed E-state index contributed by atoms with van der Waals surface area (Å²) in [5, 5.41) is 14.9. The van der Waals surface area contributed by atoms with Gasteiger partial charge in [0.05, 0.1) is 28.5 Å². The molecule has 1 aromatic carbocycles. The number of non-ortho nitro benzene ring substituents is 1. The first-order valence-electron chi connectivity index (χ1n) is 8.99. The number of amides is 1. The lowest BCUT2D eigenvalue weighted by Gasteiger charge is -2.31. The second-order valence-electron chi connectivity index (χ2n) is 6.45. The summed E-state index contributed by atoms with van der Waals surface area (Å²) in [6, 6.07) is 6.02. The highest BCUT2D eigenvalue weighted by atomic mass is 16.6. The Balaban J connectivity index is 1.58. The maximum Gasteiger partial charge on any atom is 0.269 e. The molecule has 0 aliphatic carbocycles. The summed E-state index contributed by atoms with van der Waals surface area (Å²) in [5.74, 6) is -0.0661. The van der Waals surface area contributed by atoms with Crippen LogP contribution < -0.4 is 5.73 Å². The van der Waals surface area contributed by atoms with Crippen LogP contribution in [0.25, 0.3) is 5.69 Å². The van der Waals surface area contributed by atoms with E-state index in [0.29, 0.717) is 37.5 Å². The van der Waals surface area contributed by atoms with Crippen LogP contribution >= 0.6 is 0 Å². The van der Waals surface area contributed by atoms with Gasteiger partial charge in [0.15, 0.2) is 0 Å². The molecule has 1 aliphatic rings. The van der Waals surface area contributed by atoms with Crippen LogP contribution in [0.3, 0.4) is 0 Å². The van der Waals surface area contributed by atoms with Crippen molar-refractivity contribution in [3.63, 3.8) is 0 Å². The van der Waals surface area contributed by atoms with Gasteiger partial charge >= 0.3 is 0 Å². The summed E-state index contributed by atoms with van der Waals surface area (Å²) in [6.07, 6.45) is 5.82. The van der Waals surface area contributed by atoms with Crippen molar-refractivity contribution in [3.8, 4) is 5.69 Å². The van der Waals surface area contributed by atoms with E-state index in [2.05, 4.69) is 5.10 Å². The van der Waals surface area contributed by atoms with Crippen molar-refractivity contribution in [3.05, 3.63) is 52.3 Å². The molecule has 0 bridgehead atoms. The number of carbonyl (C=O) groups is 1. The van der Waals surface area contributed by atoms with E-state index < -0.39 is 4.92 Å². The van der Waals surface area contributed by atoms with Gasteiger partial charge in [0, 0.05) is 38.0 Å². The molecular weight excluding hydrogens is 350 g/mol. The van der Waals surface area contributed by atoms with Gasteiger partial charge in [0.1, 0.15) is 0 Å². The van der Waals surface area contributed by atoms with Crippen molar-refractivity contribution in [2.45, 2.75) is 25.4 Å². The van der Waals surface area contributed by atoms with E-state index in [9.17, 15) is 14.9 Å². The molecule has 3 rings (SSSR count). The molecule has 2 aromatic rings. The van der Waals surface area contributed by atoms with Crippen LogP contribution in [0, 0.1) is 10.1 Å². The van der Waals surface area contributed by atoms with Gasteiger partial charge in [-0.1, -0.05) is 0 Å². The molecule has 0 unspecified atom stereocenters. The predicted molar refractivity (Wildman–Crippen MR) is 98.8 cm³/mol. The van der Waals surface area contributed by atoms with Crippen molar-refractivity contribution < 1.29 is 14.5 Å². The SMILES string of the molecule is NCCCOC1CCN(C(=O)c2cnn(-c3ccc([N+](=O)[O-])cc3)c2)CC1. The van der Waals surface area contributed by atoms with E-state index in [1.165, 1.54) is 18.3 Å². The second kappa shape index (κ2) is 8.74. The zero-order chi connectivity index (χ0) is 19.2. The van der Waals surface area contributed by atoms with Gasteiger partial charge in [-0.15, -0.1) is 0 Å². The molecule has 2 heterocycles. The van der Waals surface area contributed by atoms with Gasteiger partial charge in [-0.05, 0) is 37.9 Å². The average Bonchev–Trinajstić information content (AvgIpc) is 3.18. The van der Waals surface area contributed by atoms with Gasteiger partial charge < -0.3 is 15.4 Å². The molecule has 0 atom stereocenters. The quantitative estimate of drug-likeness (QED) is 0.449. The molecule has 1 aromatic heterocycles. The minimum atomic E-state index is -0.453. The predicted octanol–water partition coefficient (Wildman–Crippen LogP) is 1.75. The lowest BCUT2D eigenvalue weighted by atomic mass is 10.1. The first-order chi connectivity index (χ1) is 13.1. The molecule has 9 heteroatoms. The Morgan fingerprint density at radius 1 is 1.30 bits per heavy atom. The van der Waals surface area contributed by atoms with Crippen molar-refractivity contribution in [1.82, 2.24) is 14.7 Å². The van der Waals surface area contributed by atoms with Crippen LogP contribution in [0.1, 0.15) is 29.6 Å². The fraction of sp³-hybridized carbons (Fsp3) is 0.444. The van der Waals surface area contributed by atoms with Gasteiger partial charge in [0.25, 0.3) is 11.6 Å². The summed E-state index contributed by atoms with van der Waals surface area (Å²) in [6.45, 7) is 2.58. The first-order valence-corrected chi connectivity index (χ1v) is 8.99. The number of ether oxygens (including phenoxy) is 1. The molecular formula is C18H23N5O4. The zero-order valence-electron chi connectivity index (χ0n) is 15.0. The highest BCUT2D eigenvalue weighted by molar-refractivity contribution is 5.93. The number of carbonyl (C=O) groups excluding carboxylic acids is 1. The maximum atomic E-state index is 12.7. The Morgan fingerprint density at radius 2 is 2.00 bits per heavy atom. The fourth-order valence-corrected chi connectivity index (χ4v) is 3.04. The number of nitro benzene ring substituents is 1. The molecule has 1 saturated heterocycles. The molecule has 27 heavy (non-hydrogen) atoms. The fourth-order valence-electron chi connectivity index (χ4n) is 3.04. The number of piperidine rings is 1. The lowest BCUT2D eigenvalue weighted by Crippen LogP contribution is -2.41. The molecule has 0 spiro atoms. The third kappa shape index (κ3) is 4.69. The summed E-state index contributed by atoms with van der Waals surface area (Å²) < 4.78 is 7.30. The number of hydrogen-bond donors (Lipinski definition) is 1. The monoisotopic (exact) mass is 373 g/mol. The maximum absolute atomic E-state index is 12.7. The van der Waals surface area contributed by atoms with Crippen LogP contribution in [0.2, 0.25) is 0 Å². The first kappa shape index (κ1) is 19.0. The number of nitrogens with zero attached hydrogens (tertiary/aromatic N) is 4. The largest absolute Gasteiger partial charge is 0.378 e. The Hall–Kier alpha value is -2.78. The Kier molecular flexibility index (Phi) is 6.15. The number of aromatic nitrogens is 2. The smallest absolute Gasteiger partial charge is 0.269 e. The Labute approximate surface area is 156 Å². The minimum absolute atomic E-state index is 0.0127. The topological polar surface area (TPSA) is 117 Å². The van der Waals surface area contributed by atoms with Gasteiger partial charge in [0.2, 0.25) is 0 Å². The highest BCUT2D eigenvalue weighted by Crippen LogP contribution is 2.18. The Bertz CT molecular complexity index is 781. The van der Waals surface area contributed by atoms with Crippen molar-refractivity contribution >= 4 is 11.6 Å². The normalized spacial score (nSPS) is 15.1. The van der Waals surface area contributed by atoms with Crippen molar-refractivity contribution in [2.75, 3.05) is 26.2 Å². The standard InChI is InChI=1S/C18H23N5O4/c19-8-1-11-27-17-6-9-21(10-7-17)18(24)14-12-20-22(13-14)15-2-4-16(5-3-15)23(25)26/h2-5,12-13,17H,1,6-11,19H2. The third-order valence-electron chi connectivity index (χ3n) is 4.59. The van der Waals surface area contributed by atoms with Gasteiger partial charge in [-0.25, -0.2) is 4.68 Å². The van der Waals surface area contributed by atoms with E-state index in [0.717, 1.165) is 19.3 Å². The van der Waals surface area contributed by atoms with Crippen molar-refractivity contribution in [1.29, 1.82) is 0 Å². The van der Waals surface area contributed by atoms with E-state index >= 15 is 0 Å². The third-order valence-corrected chi connectivity index (χ3v) is 4.59. The molecule has 9 nitrogen and oxygen atoms in total. The molecule has 1 aliphatic heterocycles. The number of rotatable bonds is 7. The minimum Gasteiger partial charge on any atom is -0.378 e. The summed E-state index contributed by atoms with van der Waals surface area (Å²) in [4.78, 5) is 24.8. The summed E-state index contributed by atoms with van der Waals surface area (Å²) in [7, 11) is 0. The van der Waals surface area contributed by atoms with Gasteiger partial charge in [-0.2, -0.15) is 5.10 Å². The molecule has 144 valence electrons. The average molecular weight is 373 g/mol. The molecule has 1 fully saturated rings. The zero-order valence-corrected chi connectivity index (χ0v) is 15.0. The number of nitro groups is 1. The molecule has 0 saturated carbocycles. The van der Waals surface area contributed by atoms with E-state index in [1.807, 2.05) is 0 Å².